The van der Waals surface area contributed by atoms with E-state index < -0.39 is 4.92 Å². The number of hydrogen-bond donors (Lipinski definition) is 0. The predicted octanol–water partition coefficient (Wildman–Crippen LogP) is 2.70. The van der Waals surface area contributed by atoms with Crippen LogP contribution >= 0.6 is 0 Å². The first kappa shape index (κ1) is 21.4. The molecule has 0 N–H and O–H groups in total. The van der Waals surface area contributed by atoms with Gasteiger partial charge in [0.2, 0.25) is 0 Å². The third-order valence-electron chi connectivity index (χ3n) is 6.02. The topological polar surface area (TPSA) is 123 Å². The third-order valence-corrected chi connectivity index (χ3v) is 6.02. The fraction of sp³-hybridized carbons (Fsp3) is 0.261. The number of aromatic nitrogens is 5. The number of rotatable bonds is 4. The molecule has 0 spiro atoms. The molecule has 0 unspecified atom stereocenters. The molecule has 0 bridgehead atoms. The van der Waals surface area contributed by atoms with Gasteiger partial charge in [-0.05, 0) is 32.0 Å². The number of hydrogen-bond acceptors (Lipinski definition) is 8. The Morgan fingerprint density at radius 2 is 1.74 bits per heavy atom. The number of anilines is 1. The van der Waals surface area contributed by atoms with Crippen molar-refractivity contribution in [2.24, 2.45) is 0 Å². The second-order valence-corrected chi connectivity index (χ2v) is 8.24. The highest BCUT2D eigenvalue weighted by molar-refractivity contribution is 5.95. The van der Waals surface area contributed by atoms with E-state index in [1.165, 1.54) is 12.4 Å². The van der Waals surface area contributed by atoms with E-state index >= 15 is 0 Å². The molecule has 2 aromatic heterocycles. The molecular formula is C23H22N8O3. The van der Waals surface area contributed by atoms with Crippen LogP contribution in [0.15, 0.2) is 48.8 Å². The van der Waals surface area contributed by atoms with E-state index in [0.29, 0.717) is 54.3 Å². The summed E-state index contributed by atoms with van der Waals surface area (Å²) in [6.07, 6.45) is 1.49. The summed E-state index contributed by atoms with van der Waals surface area (Å²) in [5.41, 5.74) is 4.01. The van der Waals surface area contributed by atoms with Crippen molar-refractivity contribution in [3.63, 3.8) is 0 Å². The monoisotopic (exact) mass is 458 g/mol. The van der Waals surface area contributed by atoms with Gasteiger partial charge in [0.25, 0.3) is 11.6 Å². The van der Waals surface area contributed by atoms with Gasteiger partial charge in [0.1, 0.15) is 6.33 Å². The molecule has 11 heteroatoms. The zero-order valence-corrected chi connectivity index (χ0v) is 18.7. The lowest BCUT2D eigenvalue weighted by atomic mass is 10.1. The summed E-state index contributed by atoms with van der Waals surface area (Å²) in [6, 6.07) is 12.5. The predicted molar refractivity (Wildman–Crippen MR) is 125 cm³/mol. The molecule has 0 atom stereocenters. The van der Waals surface area contributed by atoms with Crippen LogP contribution in [0, 0.1) is 24.0 Å². The van der Waals surface area contributed by atoms with Gasteiger partial charge in [-0.3, -0.25) is 14.9 Å². The molecule has 3 heterocycles. The van der Waals surface area contributed by atoms with Crippen molar-refractivity contribution in [3.05, 3.63) is 75.6 Å². The van der Waals surface area contributed by atoms with Crippen molar-refractivity contribution in [3.8, 4) is 5.69 Å². The average Bonchev–Trinajstić information content (AvgIpc) is 3.29. The van der Waals surface area contributed by atoms with E-state index in [1.807, 2.05) is 31.2 Å². The number of nitrogens with zero attached hydrogens (tertiary/aromatic N) is 8. The van der Waals surface area contributed by atoms with Gasteiger partial charge < -0.3 is 9.80 Å². The molecular weight excluding hydrogens is 436 g/mol. The van der Waals surface area contributed by atoms with Crippen molar-refractivity contribution in [1.29, 1.82) is 0 Å². The molecule has 2 aromatic carbocycles. The fourth-order valence-electron chi connectivity index (χ4n) is 4.07. The van der Waals surface area contributed by atoms with Crippen molar-refractivity contribution in [2.45, 2.75) is 13.8 Å². The summed E-state index contributed by atoms with van der Waals surface area (Å²) in [5, 5.41) is 19.8. The molecule has 1 fully saturated rings. The standard InChI is InChI=1S/C23H22N8O3/c1-15-3-7-18(8-4-15)30-22-20(26-27-30)21(24-14-25-22)28-9-11-29(12-10-28)23(32)17-6-5-16(2)19(13-17)31(33)34/h3-8,13-14H,9-12H2,1-2H3. The SMILES string of the molecule is Cc1ccc(-n2nnc3c(N4CCN(C(=O)c5ccc(C)c([N+](=O)[O-])c5)CC4)ncnc32)cc1. The van der Waals surface area contributed by atoms with Gasteiger partial charge in [-0.1, -0.05) is 29.0 Å². The number of carbonyl (C=O) groups is 1. The number of piperazine rings is 1. The maximum absolute atomic E-state index is 13.0. The molecule has 1 aliphatic rings. The summed E-state index contributed by atoms with van der Waals surface area (Å²) >= 11 is 0. The Morgan fingerprint density at radius 1 is 1.00 bits per heavy atom. The van der Waals surface area contributed by atoms with Gasteiger partial charge in [0, 0.05) is 43.4 Å². The highest BCUT2D eigenvalue weighted by Gasteiger charge is 2.26. The fourth-order valence-corrected chi connectivity index (χ4v) is 4.07. The zero-order valence-electron chi connectivity index (χ0n) is 18.7. The second-order valence-electron chi connectivity index (χ2n) is 8.24. The minimum atomic E-state index is -0.464. The van der Waals surface area contributed by atoms with E-state index in [1.54, 1.807) is 28.6 Å². The van der Waals surface area contributed by atoms with Crippen LogP contribution in [0.4, 0.5) is 11.5 Å². The van der Waals surface area contributed by atoms with Gasteiger partial charge >= 0.3 is 0 Å². The Labute approximate surface area is 194 Å². The molecule has 4 aromatic rings. The van der Waals surface area contributed by atoms with Crippen LogP contribution in [0.1, 0.15) is 21.5 Å². The minimum Gasteiger partial charge on any atom is -0.351 e. The number of carbonyl (C=O) groups excluding carboxylic acids is 1. The van der Waals surface area contributed by atoms with Gasteiger partial charge in [0.05, 0.1) is 10.6 Å². The first-order valence-electron chi connectivity index (χ1n) is 10.8. The number of fused-ring (bicyclic) bond motifs is 1. The molecule has 11 nitrogen and oxygen atoms in total. The van der Waals surface area contributed by atoms with Gasteiger partial charge in [0.15, 0.2) is 17.0 Å². The van der Waals surface area contributed by atoms with E-state index in [4.69, 9.17) is 0 Å². The smallest absolute Gasteiger partial charge is 0.273 e. The van der Waals surface area contributed by atoms with Crippen LogP contribution in [-0.2, 0) is 0 Å². The minimum absolute atomic E-state index is 0.0514. The number of nitro groups is 1. The summed E-state index contributed by atoms with van der Waals surface area (Å²) in [7, 11) is 0. The van der Waals surface area contributed by atoms with E-state index in [2.05, 4.69) is 25.2 Å². The number of amides is 1. The molecule has 5 rings (SSSR count). The zero-order chi connectivity index (χ0) is 23.8. The number of aryl methyl sites for hydroxylation is 2. The number of benzene rings is 2. The van der Waals surface area contributed by atoms with Gasteiger partial charge in [-0.2, -0.15) is 4.68 Å². The lowest BCUT2D eigenvalue weighted by Crippen LogP contribution is -2.49. The number of nitro benzene ring substituents is 1. The molecule has 0 radical (unpaired) electrons. The van der Waals surface area contributed by atoms with E-state index in [9.17, 15) is 14.9 Å². The highest BCUT2D eigenvalue weighted by atomic mass is 16.6. The summed E-state index contributed by atoms with van der Waals surface area (Å²) in [5.74, 6) is 0.447. The summed E-state index contributed by atoms with van der Waals surface area (Å²) in [4.78, 5) is 36.3. The molecule has 0 aliphatic carbocycles. The second kappa shape index (κ2) is 8.50. The van der Waals surface area contributed by atoms with E-state index in [0.717, 1.165) is 11.3 Å². The van der Waals surface area contributed by atoms with Crippen LogP contribution in [0.3, 0.4) is 0 Å². The van der Waals surface area contributed by atoms with Crippen molar-refractivity contribution < 1.29 is 9.72 Å². The average molecular weight is 458 g/mol. The molecule has 0 saturated carbocycles. The van der Waals surface area contributed by atoms with Gasteiger partial charge in [-0.15, -0.1) is 5.10 Å². The Morgan fingerprint density at radius 3 is 2.44 bits per heavy atom. The summed E-state index contributed by atoms with van der Waals surface area (Å²) < 4.78 is 1.68. The first-order chi connectivity index (χ1) is 16.4. The van der Waals surface area contributed by atoms with Crippen LogP contribution in [0.25, 0.3) is 16.9 Å². The van der Waals surface area contributed by atoms with Crippen molar-refractivity contribution >= 4 is 28.6 Å². The van der Waals surface area contributed by atoms with Crippen LogP contribution in [0.2, 0.25) is 0 Å². The molecule has 172 valence electrons. The lowest BCUT2D eigenvalue weighted by Gasteiger charge is -2.35. The molecule has 1 aliphatic heterocycles. The van der Waals surface area contributed by atoms with Crippen LogP contribution < -0.4 is 4.90 Å². The largest absolute Gasteiger partial charge is 0.351 e. The highest BCUT2D eigenvalue weighted by Crippen LogP contribution is 2.25. The molecule has 1 amide bonds. The molecule has 34 heavy (non-hydrogen) atoms. The lowest BCUT2D eigenvalue weighted by molar-refractivity contribution is -0.385. The van der Waals surface area contributed by atoms with Crippen LogP contribution in [0.5, 0.6) is 0 Å². The third kappa shape index (κ3) is 3.81. The maximum Gasteiger partial charge on any atom is 0.273 e. The Hall–Kier alpha value is -4.41. The van der Waals surface area contributed by atoms with Crippen molar-refractivity contribution in [2.75, 3.05) is 31.1 Å². The Kier molecular flexibility index (Phi) is 5.36. The Bertz CT molecular complexity index is 1390. The van der Waals surface area contributed by atoms with Crippen LogP contribution in [-0.4, -0.2) is 66.9 Å². The molecule has 1 saturated heterocycles. The first-order valence-corrected chi connectivity index (χ1v) is 10.8. The normalized spacial score (nSPS) is 13.9. The van der Waals surface area contributed by atoms with Crippen molar-refractivity contribution in [1.82, 2.24) is 29.9 Å². The van der Waals surface area contributed by atoms with E-state index in [-0.39, 0.29) is 11.6 Å². The quantitative estimate of drug-likeness (QED) is 0.338. The maximum atomic E-state index is 13.0. The van der Waals surface area contributed by atoms with Gasteiger partial charge in [-0.25, -0.2) is 9.97 Å². The summed E-state index contributed by atoms with van der Waals surface area (Å²) in [6.45, 7) is 5.68. The Balaban J connectivity index is 1.34.